The maximum Gasteiger partial charge on any atom is 0.410 e. The van der Waals surface area contributed by atoms with Crippen molar-refractivity contribution in [3.05, 3.63) is 229 Å². The van der Waals surface area contributed by atoms with Crippen molar-refractivity contribution in [1.29, 1.82) is 0 Å². The van der Waals surface area contributed by atoms with Crippen LogP contribution < -0.4 is 0 Å². The van der Waals surface area contributed by atoms with Gasteiger partial charge in [-0.2, -0.15) is 0 Å². The fourth-order valence-corrected chi connectivity index (χ4v) is 21.0. The summed E-state index contributed by atoms with van der Waals surface area (Å²) in [6.07, 6.45) is 17.9. The molecule has 18 rings (SSSR count). The van der Waals surface area contributed by atoms with Gasteiger partial charge in [0.2, 0.25) is 17.7 Å². The number of esters is 6. The normalized spacial score (nSPS) is 22.4. The van der Waals surface area contributed by atoms with Crippen LogP contribution in [-0.2, 0) is 95.3 Å². The van der Waals surface area contributed by atoms with Crippen LogP contribution in [0, 0.1) is 17.8 Å². The molecule has 0 aromatic heterocycles. The van der Waals surface area contributed by atoms with Crippen LogP contribution in [0.25, 0.3) is 33.4 Å². The molecule has 6 aromatic carbocycles. The molecular weight excluding hydrogens is 1900 g/mol. The molecule has 30 heteroatoms. The number of benzene rings is 6. The smallest absolute Gasteiger partial charge is 0.410 e. The number of hydrogen-bond acceptors (Lipinski definition) is 23. The van der Waals surface area contributed by atoms with Gasteiger partial charge in [0.05, 0.1) is 18.1 Å². The van der Waals surface area contributed by atoms with Crippen molar-refractivity contribution >= 4 is 77.8 Å². The predicted molar refractivity (Wildman–Crippen MR) is 566 cm³/mol. The zero-order valence-corrected chi connectivity index (χ0v) is 90.9. The molecule has 1 N–H and O–H groups in total. The van der Waals surface area contributed by atoms with Crippen LogP contribution in [0.2, 0.25) is 0 Å². The van der Waals surface area contributed by atoms with Crippen LogP contribution in [-0.4, -0.2) is 253 Å². The molecule has 149 heavy (non-hydrogen) atoms. The van der Waals surface area contributed by atoms with Gasteiger partial charge >= 0.3 is 60.1 Å². The first kappa shape index (κ1) is 116. The third-order valence-electron chi connectivity index (χ3n) is 26.9. The van der Waals surface area contributed by atoms with Gasteiger partial charge in [0.25, 0.3) is 0 Å². The quantitative estimate of drug-likeness (QED) is 0.0675. The van der Waals surface area contributed by atoms with E-state index in [1.807, 2.05) is 159 Å². The molecule has 3 aliphatic carbocycles. The van der Waals surface area contributed by atoms with Gasteiger partial charge in [-0.3, -0.25) is 48.3 Å². The number of carbonyl (C=O) groups excluding carboxylic acids is 12. The van der Waals surface area contributed by atoms with E-state index in [4.69, 9.17) is 47.4 Å². The van der Waals surface area contributed by atoms with Crippen LogP contribution in [0.4, 0.5) is 14.4 Å². The molecule has 12 aliphatic rings. The molecule has 30 nitrogen and oxygen atoms in total. The summed E-state index contributed by atoms with van der Waals surface area (Å²) in [7, 11) is 0. The Bertz CT molecular complexity index is 5360. The van der Waals surface area contributed by atoms with E-state index in [1.54, 1.807) is 84.3 Å². The van der Waals surface area contributed by atoms with E-state index < -0.39 is 94.5 Å². The Hall–Kier alpha value is -13.3. The summed E-state index contributed by atoms with van der Waals surface area (Å²) < 4.78 is 52.9. The molecular formula is C119H154N6O24. The van der Waals surface area contributed by atoms with Gasteiger partial charge in [0, 0.05) is 96.1 Å². The summed E-state index contributed by atoms with van der Waals surface area (Å²) in [5.74, 6) is -3.28. The van der Waals surface area contributed by atoms with Crippen molar-refractivity contribution in [2.24, 2.45) is 17.8 Å². The predicted octanol–water partition coefficient (Wildman–Crippen LogP) is 20.4. The van der Waals surface area contributed by atoms with Gasteiger partial charge in [0.1, 0.15) is 89.7 Å². The molecule has 6 amide bonds. The lowest BCUT2D eigenvalue weighted by atomic mass is 9.98. The zero-order chi connectivity index (χ0) is 109. The molecule has 0 unspecified atom stereocenters. The average molecular weight is 2050 g/mol. The van der Waals surface area contributed by atoms with Crippen molar-refractivity contribution in [3.8, 4) is 33.4 Å². The number of amides is 6. The van der Waals surface area contributed by atoms with Crippen molar-refractivity contribution in [2.45, 2.75) is 329 Å². The lowest BCUT2D eigenvalue weighted by Crippen LogP contribution is -2.55. The van der Waals surface area contributed by atoms with Gasteiger partial charge in [-0.25, -0.2) is 28.8 Å². The summed E-state index contributed by atoms with van der Waals surface area (Å²) in [6, 6.07) is 45.1. The minimum absolute atomic E-state index is 0.0510. The first-order valence-electron chi connectivity index (χ1n) is 52.1. The van der Waals surface area contributed by atoms with Gasteiger partial charge in [-0.1, -0.05) is 182 Å². The topological polar surface area (TPSA) is 354 Å². The number of ether oxygens (including phenoxy) is 10. The molecule has 0 saturated carbocycles. The molecule has 12 atom stereocenters. The first-order valence-corrected chi connectivity index (χ1v) is 52.1. The first-order chi connectivity index (χ1) is 70.1. The van der Waals surface area contributed by atoms with Gasteiger partial charge in [-0.15, -0.1) is 13.2 Å². The second-order valence-electron chi connectivity index (χ2n) is 45.2. The van der Waals surface area contributed by atoms with Gasteiger partial charge in [-0.05, 0) is 262 Å². The Morgan fingerprint density at radius 2 is 0.658 bits per heavy atom. The van der Waals surface area contributed by atoms with Crippen LogP contribution in [0.3, 0.4) is 0 Å². The van der Waals surface area contributed by atoms with Crippen molar-refractivity contribution in [3.63, 3.8) is 0 Å². The molecule has 9 aliphatic heterocycles. The Kier molecular flexibility index (Phi) is 38.9. The minimum Gasteiger partial charge on any atom is -0.480 e. The SMILES string of the molecule is C1CCOC1.C=C[C@H]1CCN(C(=O)OC(C)(C)C)[C@@H]1C(=O)N1[C@@H](C=C)CC[C@H]1C(=O)OC(C)(C)C.CC(=O)OC(C)(C)C.CC(=O)OCC1c2ccccc2-c2ccccc21.CC(=O)OCC1c2ccccc2-c2ccccc21.CC(=O)OCC1c2ccccc2-c2ccccc21.CC(C)(C)OC(=O)N1CC[C@@H]2C=C[C@H]3CC[C@@H](C(=O)O)N3C(=O)[C@H]21.CC(C)(C)OC(=O)[C@@H]1CC[C@@H]2C=C[C@H]3CCN(C(=O)OC(C)(C)C)[C@@H]3C(=O)N21. The van der Waals surface area contributed by atoms with E-state index in [-0.39, 0.29) is 107 Å². The van der Waals surface area contributed by atoms with E-state index in [1.165, 1.54) is 127 Å². The standard InChI is InChI=1S/C23H36N2O5.C21H32N2O5.C17H24N2O5.3C16H14O2.C6H12O2.C4H8O/c1-9-15-13-14-24(21(28)30-23(6,7)8)18(15)19(26)25-16(10-2)11-12-17(25)20(27)29-22(3,4)5;1-20(2,3)27-18(25)15-10-9-14-8-7-13-11-12-22(16(13)17(24)23(14)15)19(26)28-21(4,5)6;1-17(2,3)24-16(23)18-9-8-10-4-5-11-6-7-12(15(21)22)19(11)14(20)13(10)18;3*1-11(17)18-10-16-14-8-4-2-6-12(14)13-7-3-5-9-15(13)16;1-5(7)8-6(2,3)4;1-2-4-5-3-1/h9-10,15-18H,1-2,11-14H2,3-8H3;7-8,13-16H,9-12H2,1-6H3;4-5,10-13H,6-9H2,1-3H3,(H,21,22);3*2-9,16H,10H2,1H3;1-4H3;1-4H2/t15-,16-,17-,18-;13-,14-,15-,16-;10-,11-,12-,13-;;;;;/m000...../s1. The third kappa shape index (κ3) is 30.6. The second-order valence-corrected chi connectivity index (χ2v) is 45.2. The van der Waals surface area contributed by atoms with Crippen molar-refractivity contribution in [1.82, 2.24) is 29.4 Å². The maximum atomic E-state index is 13.7. The van der Waals surface area contributed by atoms with E-state index in [0.717, 1.165) is 19.6 Å². The monoisotopic (exact) mass is 2050 g/mol. The van der Waals surface area contributed by atoms with E-state index in [2.05, 4.69) is 86.0 Å². The van der Waals surface area contributed by atoms with Crippen LogP contribution in [0.15, 0.2) is 195 Å². The zero-order valence-electron chi connectivity index (χ0n) is 90.9. The van der Waals surface area contributed by atoms with Gasteiger partial charge in [0.15, 0.2) is 0 Å². The molecule has 0 radical (unpaired) electrons. The van der Waals surface area contributed by atoms with E-state index >= 15 is 0 Å². The number of fused-ring (bicyclic) bond motifs is 13. The summed E-state index contributed by atoms with van der Waals surface area (Å²) in [6.45, 7) is 50.5. The Balaban J connectivity index is 0.000000167. The Morgan fingerprint density at radius 3 is 0.946 bits per heavy atom. The van der Waals surface area contributed by atoms with E-state index in [9.17, 15) is 67.4 Å². The molecule has 9 heterocycles. The molecule has 0 spiro atoms. The largest absolute Gasteiger partial charge is 0.480 e. The summed E-state index contributed by atoms with van der Waals surface area (Å²) in [5, 5.41) is 9.41. The highest BCUT2D eigenvalue weighted by Crippen LogP contribution is 2.49. The van der Waals surface area contributed by atoms with Crippen LogP contribution in [0.1, 0.15) is 274 Å². The fraction of sp³-hybridized carbons (Fsp3) is 0.521. The maximum absolute atomic E-state index is 13.7. The summed E-state index contributed by atoms with van der Waals surface area (Å²) in [4.78, 5) is 168. The number of nitrogens with zero attached hydrogens (tertiary/aromatic N) is 6. The highest BCUT2D eigenvalue weighted by atomic mass is 16.6. The van der Waals surface area contributed by atoms with Crippen molar-refractivity contribution in [2.75, 3.05) is 52.7 Å². The molecule has 7 fully saturated rings. The van der Waals surface area contributed by atoms with E-state index in [0.29, 0.717) is 90.8 Å². The minimum atomic E-state index is -0.987. The second kappa shape index (κ2) is 49.9. The third-order valence-corrected chi connectivity index (χ3v) is 26.9. The Morgan fingerprint density at radius 1 is 0.356 bits per heavy atom. The average Bonchev–Trinajstić information content (AvgIpc) is 1.67. The lowest BCUT2D eigenvalue weighted by Gasteiger charge is -2.36. The van der Waals surface area contributed by atoms with Crippen LogP contribution >= 0.6 is 0 Å². The highest BCUT2D eigenvalue weighted by molar-refractivity contribution is 5.95. The van der Waals surface area contributed by atoms with Crippen molar-refractivity contribution < 1.29 is 115 Å². The molecule has 6 aromatic rings. The van der Waals surface area contributed by atoms with Gasteiger partial charge < -0.3 is 67.2 Å². The lowest BCUT2D eigenvalue weighted by molar-refractivity contribution is -0.165. The number of hydrogen-bond donors (Lipinski definition) is 1. The Labute approximate surface area is 878 Å². The molecule has 7 saturated heterocycles. The fourth-order valence-electron chi connectivity index (χ4n) is 21.0. The molecule has 804 valence electrons. The number of carboxylic acid groups (broad SMARTS) is 1. The number of aliphatic carboxylic acids is 1. The summed E-state index contributed by atoms with van der Waals surface area (Å²) >= 11 is 0. The number of carboxylic acids is 1. The number of carbonyl (C=O) groups is 13. The number of likely N-dealkylation sites (tertiary alicyclic amines) is 4. The number of rotatable bonds is 12. The molecule has 0 bridgehead atoms. The summed E-state index contributed by atoms with van der Waals surface area (Å²) in [5.41, 5.74) is 11.5. The van der Waals surface area contributed by atoms with Crippen LogP contribution in [0.5, 0.6) is 0 Å². The highest BCUT2D eigenvalue weighted by Gasteiger charge is 2.55.